The zero-order chi connectivity index (χ0) is 27.1. The van der Waals surface area contributed by atoms with Gasteiger partial charge in [-0.1, -0.05) is 20.8 Å². The van der Waals surface area contributed by atoms with Crippen LogP contribution in [0, 0.1) is 29.1 Å². The first-order chi connectivity index (χ1) is 17.5. The molecule has 8 nitrogen and oxygen atoms in total. The fourth-order valence-corrected chi connectivity index (χ4v) is 8.54. The van der Waals surface area contributed by atoms with E-state index >= 15 is 0 Å². The first-order valence-corrected chi connectivity index (χ1v) is 14.8. The molecule has 4 rings (SSSR count). The number of piperidine rings is 1. The third kappa shape index (κ3) is 5.31. The van der Waals surface area contributed by atoms with Crippen LogP contribution in [0.1, 0.15) is 83.7 Å². The van der Waals surface area contributed by atoms with E-state index in [9.17, 15) is 19.5 Å². The number of carbonyl (C=O) groups excluding carboxylic acids is 3. The topological polar surface area (TPSA) is 103 Å². The second kappa shape index (κ2) is 11.0. The Labute approximate surface area is 225 Å². The number of anilines is 1. The van der Waals surface area contributed by atoms with Crippen LogP contribution < -0.4 is 5.32 Å². The monoisotopic (exact) mass is 532 g/mol. The van der Waals surface area contributed by atoms with Gasteiger partial charge in [0.25, 0.3) is 0 Å². The Morgan fingerprint density at radius 2 is 1.86 bits per heavy atom. The van der Waals surface area contributed by atoms with Crippen molar-refractivity contribution in [2.45, 2.75) is 85.7 Å². The number of amides is 3. The number of nitrogens with one attached hydrogen (secondary N) is 1. The van der Waals surface area contributed by atoms with Gasteiger partial charge in [-0.15, -0.1) is 11.3 Å². The summed E-state index contributed by atoms with van der Waals surface area (Å²) in [7, 11) is 0. The molecule has 2 heterocycles. The molecule has 1 aromatic heterocycles. The average molecular weight is 533 g/mol. The van der Waals surface area contributed by atoms with E-state index in [1.165, 1.54) is 4.88 Å². The second-order valence-electron chi connectivity index (χ2n) is 11.7. The number of rotatable bonds is 6. The molecule has 2 aliphatic carbocycles. The first kappa shape index (κ1) is 28.0. The Morgan fingerprint density at radius 1 is 1.22 bits per heavy atom. The molecule has 206 valence electrons. The van der Waals surface area contributed by atoms with Crippen molar-refractivity contribution in [3.8, 4) is 0 Å². The van der Waals surface area contributed by atoms with Crippen molar-refractivity contribution in [3.63, 3.8) is 0 Å². The number of aromatic nitrogens is 1. The lowest BCUT2D eigenvalue weighted by molar-refractivity contribution is -0.144. The highest BCUT2D eigenvalue weighted by Gasteiger charge is 2.54. The molecule has 1 saturated carbocycles. The number of carbonyl (C=O) groups is 3. The molecule has 0 radical (unpaired) electrons. The van der Waals surface area contributed by atoms with Gasteiger partial charge >= 0.3 is 0 Å². The normalized spacial score (nSPS) is 30.7. The maximum Gasteiger partial charge on any atom is 0.229 e. The SMILES string of the molecule is CCN(CC)C(=O)C(C)C1CCC2(C)Cc3sc(NC(=O)C4CCN(C(C)=O)CC4)nc3C(C)C2C1O. The lowest BCUT2D eigenvalue weighted by Gasteiger charge is -2.53. The molecule has 0 bridgehead atoms. The molecule has 1 aromatic rings. The quantitative estimate of drug-likeness (QED) is 0.579. The fourth-order valence-electron chi connectivity index (χ4n) is 7.27. The molecule has 0 aromatic carbocycles. The maximum atomic E-state index is 13.1. The molecule has 37 heavy (non-hydrogen) atoms. The van der Waals surface area contributed by atoms with E-state index < -0.39 is 6.10 Å². The summed E-state index contributed by atoms with van der Waals surface area (Å²) in [6.07, 6.45) is 3.42. The van der Waals surface area contributed by atoms with E-state index in [1.54, 1.807) is 23.2 Å². The molecule has 1 saturated heterocycles. The summed E-state index contributed by atoms with van der Waals surface area (Å²) in [6, 6.07) is 0. The van der Waals surface area contributed by atoms with Gasteiger partial charge in [-0.2, -0.15) is 0 Å². The summed E-state index contributed by atoms with van der Waals surface area (Å²) in [5.74, 6) is -0.144. The molecule has 6 atom stereocenters. The van der Waals surface area contributed by atoms with Gasteiger partial charge in [0.1, 0.15) is 0 Å². The lowest BCUT2D eigenvalue weighted by atomic mass is 9.53. The van der Waals surface area contributed by atoms with Crippen LogP contribution in [-0.4, -0.2) is 69.9 Å². The molecule has 2 N–H and O–H groups in total. The van der Waals surface area contributed by atoms with Crippen LogP contribution in [0.2, 0.25) is 0 Å². The summed E-state index contributed by atoms with van der Waals surface area (Å²) >= 11 is 1.56. The van der Waals surface area contributed by atoms with Crippen molar-refractivity contribution in [3.05, 3.63) is 10.6 Å². The number of aliphatic hydroxyl groups excluding tert-OH is 1. The van der Waals surface area contributed by atoms with Gasteiger partial charge in [-0.25, -0.2) is 4.98 Å². The van der Waals surface area contributed by atoms with Gasteiger partial charge < -0.3 is 20.2 Å². The third-order valence-electron chi connectivity index (χ3n) is 9.57. The van der Waals surface area contributed by atoms with Crippen LogP contribution in [0.4, 0.5) is 5.13 Å². The van der Waals surface area contributed by atoms with Crippen LogP contribution in [0.25, 0.3) is 0 Å². The summed E-state index contributed by atoms with van der Waals surface area (Å²) in [5, 5.41) is 15.4. The largest absolute Gasteiger partial charge is 0.392 e. The predicted octanol–water partition coefficient (Wildman–Crippen LogP) is 3.90. The third-order valence-corrected chi connectivity index (χ3v) is 10.6. The summed E-state index contributed by atoms with van der Waals surface area (Å²) in [4.78, 5) is 47.4. The number of thiazole rings is 1. The maximum absolute atomic E-state index is 13.1. The van der Waals surface area contributed by atoms with Crippen LogP contribution in [0.5, 0.6) is 0 Å². The molecule has 3 amide bonds. The van der Waals surface area contributed by atoms with Gasteiger partial charge in [0.2, 0.25) is 17.7 Å². The molecule has 6 unspecified atom stereocenters. The van der Waals surface area contributed by atoms with Crippen molar-refractivity contribution in [1.29, 1.82) is 0 Å². The smallest absolute Gasteiger partial charge is 0.229 e. The highest BCUT2D eigenvalue weighted by molar-refractivity contribution is 7.15. The number of hydrogen-bond acceptors (Lipinski definition) is 6. The molecular formula is C28H44N4O4S. The van der Waals surface area contributed by atoms with Crippen LogP contribution >= 0.6 is 11.3 Å². The number of aliphatic hydroxyl groups is 1. The van der Waals surface area contributed by atoms with E-state index in [1.807, 2.05) is 25.7 Å². The Balaban J connectivity index is 1.47. The van der Waals surface area contributed by atoms with Crippen molar-refractivity contribution in [2.75, 3.05) is 31.5 Å². The zero-order valence-electron chi connectivity index (χ0n) is 23.2. The van der Waals surface area contributed by atoms with E-state index in [0.717, 1.165) is 25.0 Å². The van der Waals surface area contributed by atoms with E-state index in [-0.39, 0.29) is 52.7 Å². The second-order valence-corrected chi connectivity index (χ2v) is 12.8. The van der Waals surface area contributed by atoms with Crippen molar-refractivity contribution >= 4 is 34.2 Å². The number of fused-ring (bicyclic) bond motifs is 2. The zero-order valence-corrected chi connectivity index (χ0v) is 24.1. The number of nitrogens with zero attached hydrogens (tertiary/aromatic N) is 3. The van der Waals surface area contributed by atoms with Crippen LogP contribution in [0.15, 0.2) is 0 Å². The van der Waals surface area contributed by atoms with Crippen LogP contribution in [0.3, 0.4) is 0 Å². The highest BCUT2D eigenvalue weighted by atomic mass is 32.1. The predicted molar refractivity (Wildman–Crippen MR) is 145 cm³/mol. The average Bonchev–Trinajstić information content (AvgIpc) is 3.26. The summed E-state index contributed by atoms with van der Waals surface area (Å²) in [5.41, 5.74) is 0.921. The molecule has 9 heteroatoms. The van der Waals surface area contributed by atoms with Gasteiger partial charge in [0.05, 0.1) is 11.8 Å². The number of hydrogen-bond donors (Lipinski definition) is 2. The minimum absolute atomic E-state index is 0.0191. The standard InChI is InChI=1S/C28H44N4O4S/c1-7-31(8-2)26(36)16(3)20-9-12-28(6)15-21-23(17(4)22(28)24(20)34)29-27(37-21)30-25(35)19-10-13-32(14-11-19)18(5)33/h16-17,19-20,22,24,34H,7-15H2,1-6H3,(H,29,30,35). The molecule has 0 spiro atoms. The molecule has 2 fully saturated rings. The van der Waals surface area contributed by atoms with Gasteiger partial charge in [-0.05, 0) is 63.2 Å². The Morgan fingerprint density at radius 3 is 2.46 bits per heavy atom. The Hall–Kier alpha value is -2.00. The first-order valence-electron chi connectivity index (χ1n) is 14.0. The van der Waals surface area contributed by atoms with E-state index in [0.29, 0.717) is 44.2 Å². The highest BCUT2D eigenvalue weighted by Crippen LogP contribution is 2.57. The Kier molecular flexibility index (Phi) is 8.34. The molecular weight excluding hydrogens is 488 g/mol. The van der Waals surface area contributed by atoms with E-state index in [2.05, 4.69) is 19.2 Å². The van der Waals surface area contributed by atoms with Crippen molar-refractivity contribution in [2.24, 2.45) is 29.1 Å². The van der Waals surface area contributed by atoms with E-state index in [4.69, 9.17) is 4.98 Å². The molecule has 1 aliphatic heterocycles. The van der Waals surface area contributed by atoms with Gasteiger partial charge in [0, 0.05) is 55.7 Å². The van der Waals surface area contributed by atoms with Gasteiger partial charge in [0.15, 0.2) is 5.13 Å². The molecule has 3 aliphatic rings. The summed E-state index contributed by atoms with van der Waals surface area (Å²) < 4.78 is 0. The summed E-state index contributed by atoms with van der Waals surface area (Å²) in [6.45, 7) is 14.6. The Bertz CT molecular complexity index is 1020. The lowest BCUT2D eigenvalue weighted by Crippen LogP contribution is -2.53. The minimum Gasteiger partial charge on any atom is -0.392 e. The van der Waals surface area contributed by atoms with Crippen molar-refractivity contribution in [1.82, 2.24) is 14.8 Å². The number of likely N-dealkylation sites (tertiary alicyclic amines) is 1. The fraction of sp³-hybridized carbons (Fsp3) is 0.786. The van der Waals surface area contributed by atoms with Crippen LogP contribution in [-0.2, 0) is 20.8 Å². The van der Waals surface area contributed by atoms with Crippen molar-refractivity contribution < 1.29 is 19.5 Å². The minimum atomic E-state index is -0.567. The van der Waals surface area contributed by atoms with Gasteiger partial charge in [-0.3, -0.25) is 14.4 Å².